The van der Waals surface area contributed by atoms with E-state index in [1.807, 2.05) is 55.5 Å². The van der Waals surface area contributed by atoms with E-state index in [0.29, 0.717) is 28.8 Å². The Kier molecular flexibility index (Phi) is 4.24. The summed E-state index contributed by atoms with van der Waals surface area (Å²) in [5.74, 6) is 2.67. The van der Waals surface area contributed by atoms with Crippen molar-refractivity contribution in [1.82, 2.24) is 20.4 Å². The molecule has 3 heterocycles. The Labute approximate surface area is 171 Å². The Balaban J connectivity index is 1.47. The standard InChI is InChI=1S/C22H18N4O4/c1-12-16-9-8-15(28-3)10-19(16)29-20(12)22-26-25-21(30-22)18-11-17(23-24-18)13-4-6-14(27-2)7-5-13/h4-11H,1-3H3,(H,23,24). The van der Waals surface area contributed by atoms with Crippen LogP contribution in [0.5, 0.6) is 11.5 Å². The molecule has 0 spiro atoms. The Morgan fingerprint density at radius 1 is 0.833 bits per heavy atom. The maximum Gasteiger partial charge on any atom is 0.284 e. The highest BCUT2D eigenvalue weighted by molar-refractivity contribution is 5.87. The Bertz CT molecular complexity index is 1330. The van der Waals surface area contributed by atoms with Crippen LogP contribution in [0.3, 0.4) is 0 Å². The lowest BCUT2D eigenvalue weighted by molar-refractivity contribution is 0.414. The number of hydrogen-bond donors (Lipinski definition) is 1. The number of fused-ring (bicyclic) bond motifs is 1. The highest BCUT2D eigenvalue weighted by atomic mass is 16.5. The highest BCUT2D eigenvalue weighted by Crippen LogP contribution is 2.35. The van der Waals surface area contributed by atoms with Crippen molar-refractivity contribution in [1.29, 1.82) is 0 Å². The quantitative estimate of drug-likeness (QED) is 0.448. The minimum absolute atomic E-state index is 0.304. The predicted molar refractivity (Wildman–Crippen MR) is 110 cm³/mol. The van der Waals surface area contributed by atoms with Gasteiger partial charge in [0.15, 0.2) is 5.76 Å². The number of ether oxygens (including phenoxy) is 2. The van der Waals surface area contributed by atoms with Crippen LogP contribution in [0.2, 0.25) is 0 Å². The van der Waals surface area contributed by atoms with Gasteiger partial charge >= 0.3 is 0 Å². The molecule has 0 fully saturated rings. The normalized spacial score (nSPS) is 11.2. The van der Waals surface area contributed by atoms with Gasteiger partial charge in [-0.2, -0.15) is 5.10 Å². The van der Waals surface area contributed by atoms with E-state index in [0.717, 1.165) is 33.7 Å². The Morgan fingerprint density at radius 3 is 2.33 bits per heavy atom. The molecule has 0 radical (unpaired) electrons. The van der Waals surface area contributed by atoms with Crippen LogP contribution in [0.1, 0.15) is 5.56 Å². The summed E-state index contributed by atoms with van der Waals surface area (Å²) in [4.78, 5) is 0. The molecule has 0 bridgehead atoms. The molecule has 150 valence electrons. The number of rotatable bonds is 5. The first-order valence-corrected chi connectivity index (χ1v) is 9.27. The molecule has 0 aliphatic rings. The van der Waals surface area contributed by atoms with E-state index in [2.05, 4.69) is 20.4 Å². The van der Waals surface area contributed by atoms with Crippen molar-refractivity contribution >= 4 is 11.0 Å². The number of aromatic amines is 1. The SMILES string of the molecule is COc1ccc(-c2cc(-c3nnc(-c4oc5cc(OC)ccc5c4C)o3)[nH]n2)cc1. The summed E-state index contributed by atoms with van der Waals surface area (Å²) in [6, 6.07) is 15.2. The van der Waals surface area contributed by atoms with E-state index in [1.165, 1.54) is 0 Å². The van der Waals surface area contributed by atoms with Gasteiger partial charge in [-0.15, -0.1) is 10.2 Å². The molecule has 0 amide bonds. The molecule has 0 aliphatic heterocycles. The fourth-order valence-electron chi connectivity index (χ4n) is 3.30. The molecule has 0 unspecified atom stereocenters. The Morgan fingerprint density at radius 2 is 1.57 bits per heavy atom. The van der Waals surface area contributed by atoms with Gasteiger partial charge in [-0.1, -0.05) is 0 Å². The molecule has 5 rings (SSSR count). The summed E-state index contributed by atoms with van der Waals surface area (Å²) in [7, 11) is 3.25. The molecular formula is C22H18N4O4. The van der Waals surface area contributed by atoms with E-state index in [4.69, 9.17) is 18.3 Å². The second-order valence-corrected chi connectivity index (χ2v) is 6.73. The molecule has 0 saturated heterocycles. The number of furan rings is 1. The average molecular weight is 402 g/mol. The number of nitrogens with zero attached hydrogens (tertiary/aromatic N) is 3. The van der Waals surface area contributed by atoms with Gasteiger partial charge in [0.2, 0.25) is 0 Å². The zero-order chi connectivity index (χ0) is 20.7. The second kappa shape index (κ2) is 7.07. The monoisotopic (exact) mass is 402 g/mol. The van der Waals surface area contributed by atoms with E-state index < -0.39 is 0 Å². The fraction of sp³-hybridized carbons (Fsp3) is 0.136. The first-order chi connectivity index (χ1) is 14.7. The zero-order valence-electron chi connectivity index (χ0n) is 16.6. The number of hydrogen-bond acceptors (Lipinski definition) is 7. The summed E-state index contributed by atoms with van der Waals surface area (Å²) in [6.07, 6.45) is 0. The number of H-pyrrole nitrogens is 1. The molecule has 8 heteroatoms. The van der Waals surface area contributed by atoms with Crippen LogP contribution in [-0.2, 0) is 0 Å². The third-order valence-corrected chi connectivity index (χ3v) is 4.96. The summed E-state index contributed by atoms with van der Waals surface area (Å²) in [6.45, 7) is 1.95. The molecule has 1 N–H and O–H groups in total. The maximum absolute atomic E-state index is 5.96. The molecule has 30 heavy (non-hydrogen) atoms. The lowest BCUT2D eigenvalue weighted by Crippen LogP contribution is -1.82. The van der Waals surface area contributed by atoms with Crippen LogP contribution in [0, 0.1) is 6.92 Å². The van der Waals surface area contributed by atoms with Crippen molar-refractivity contribution < 1.29 is 18.3 Å². The number of methoxy groups -OCH3 is 2. The minimum atomic E-state index is 0.304. The van der Waals surface area contributed by atoms with Crippen LogP contribution in [0.25, 0.3) is 45.5 Å². The number of aromatic nitrogens is 4. The van der Waals surface area contributed by atoms with Crippen LogP contribution < -0.4 is 9.47 Å². The maximum atomic E-state index is 5.96. The number of benzene rings is 2. The molecule has 3 aromatic heterocycles. The molecular weight excluding hydrogens is 384 g/mol. The first-order valence-electron chi connectivity index (χ1n) is 9.27. The predicted octanol–water partition coefficient (Wildman–Crippen LogP) is 4.87. The van der Waals surface area contributed by atoms with E-state index >= 15 is 0 Å². The van der Waals surface area contributed by atoms with Gasteiger partial charge in [0, 0.05) is 22.6 Å². The molecule has 2 aromatic carbocycles. The third kappa shape index (κ3) is 2.98. The van der Waals surface area contributed by atoms with Crippen LogP contribution in [-0.4, -0.2) is 34.6 Å². The van der Waals surface area contributed by atoms with E-state index in [9.17, 15) is 0 Å². The number of aryl methyl sites for hydroxylation is 1. The fourth-order valence-corrected chi connectivity index (χ4v) is 3.30. The van der Waals surface area contributed by atoms with Gasteiger partial charge in [0.1, 0.15) is 22.8 Å². The molecule has 0 atom stereocenters. The minimum Gasteiger partial charge on any atom is -0.497 e. The second-order valence-electron chi connectivity index (χ2n) is 6.73. The number of nitrogens with one attached hydrogen (secondary N) is 1. The van der Waals surface area contributed by atoms with Crippen LogP contribution >= 0.6 is 0 Å². The lowest BCUT2D eigenvalue weighted by Gasteiger charge is -1.99. The molecule has 0 saturated carbocycles. The van der Waals surface area contributed by atoms with Gasteiger partial charge < -0.3 is 18.3 Å². The van der Waals surface area contributed by atoms with Gasteiger partial charge in [-0.3, -0.25) is 5.10 Å². The summed E-state index contributed by atoms with van der Waals surface area (Å²) < 4.78 is 22.3. The van der Waals surface area contributed by atoms with Crippen molar-refractivity contribution in [3.63, 3.8) is 0 Å². The Hall–Kier alpha value is -4.07. The largest absolute Gasteiger partial charge is 0.497 e. The summed E-state index contributed by atoms with van der Waals surface area (Å²) >= 11 is 0. The molecule has 5 aromatic rings. The topological polar surface area (TPSA) is 99.2 Å². The van der Waals surface area contributed by atoms with Crippen molar-refractivity contribution in [3.05, 3.63) is 54.1 Å². The van der Waals surface area contributed by atoms with Crippen molar-refractivity contribution in [2.24, 2.45) is 0 Å². The van der Waals surface area contributed by atoms with Crippen molar-refractivity contribution in [2.45, 2.75) is 6.92 Å². The average Bonchev–Trinajstić information content (AvgIpc) is 3.52. The van der Waals surface area contributed by atoms with Crippen molar-refractivity contribution in [2.75, 3.05) is 14.2 Å². The van der Waals surface area contributed by atoms with Crippen LogP contribution in [0.4, 0.5) is 0 Å². The van der Waals surface area contributed by atoms with Gasteiger partial charge in [0.05, 0.1) is 19.9 Å². The third-order valence-electron chi connectivity index (χ3n) is 4.96. The van der Waals surface area contributed by atoms with Crippen LogP contribution in [0.15, 0.2) is 57.4 Å². The van der Waals surface area contributed by atoms with Gasteiger partial charge in [-0.25, -0.2) is 0 Å². The first kappa shape index (κ1) is 18.0. The van der Waals surface area contributed by atoms with Gasteiger partial charge in [0.25, 0.3) is 11.8 Å². The smallest absolute Gasteiger partial charge is 0.284 e. The zero-order valence-corrected chi connectivity index (χ0v) is 16.6. The summed E-state index contributed by atoms with van der Waals surface area (Å²) in [5.41, 5.74) is 3.95. The summed E-state index contributed by atoms with van der Waals surface area (Å²) in [5, 5.41) is 16.6. The van der Waals surface area contributed by atoms with E-state index in [1.54, 1.807) is 14.2 Å². The molecule has 8 nitrogen and oxygen atoms in total. The highest BCUT2D eigenvalue weighted by Gasteiger charge is 2.20. The lowest BCUT2D eigenvalue weighted by atomic mass is 10.1. The van der Waals surface area contributed by atoms with E-state index in [-0.39, 0.29) is 0 Å². The van der Waals surface area contributed by atoms with Gasteiger partial charge in [-0.05, 0) is 49.4 Å². The molecule has 0 aliphatic carbocycles. The van der Waals surface area contributed by atoms with Crippen molar-refractivity contribution in [3.8, 4) is 46.0 Å².